The summed E-state index contributed by atoms with van der Waals surface area (Å²) < 4.78 is 27.5. The number of H-pyrrole nitrogens is 2. The predicted molar refractivity (Wildman–Crippen MR) is 151 cm³/mol. The van der Waals surface area contributed by atoms with Crippen molar-refractivity contribution >= 4 is 33.4 Å². The number of hydrogen-bond donors (Lipinski definition) is 2. The summed E-state index contributed by atoms with van der Waals surface area (Å²) in [6.45, 7) is 0. The van der Waals surface area contributed by atoms with Crippen molar-refractivity contribution in [2.75, 3.05) is 0 Å². The van der Waals surface area contributed by atoms with E-state index >= 15 is 0 Å². The van der Waals surface area contributed by atoms with Crippen LogP contribution in [0.25, 0.3) is 21.8 Å². The van der Waals surface area contributed by atoms with Crippen molar-refractivity contribution in [3.05, 3.63) is 142 Å². The van der Waals surface area contributed by atoms with E-state index in [0.29, 0.717) is 23.9 Å². The highest BCUT2D eigenvalue weighted by molar-refractivity contribution is 6.03. The lowest BCUT2D eigenvalue weighted by molar-refractivity contribution is 0.0983. The van der Waals surface area contributed by atoms with Gasteiger partial charge in [0.2, 0.25) is 0 Å². The van der Waals surface area contributed by atoms with E-state index in [1.807, 2.05) is 73.1 Å². The zero-order valence-corrected chi connectivity index (χ0v) is 21.4. The maximum Gasteiger partial charge on any atom is 0.164 e. The summed E-state index contributed by atoms with van der Waals surface area (Å²) in [5, 5.41) is 1.72. The fourth-order valence-electron chi connectivity index (χ4n) is 6.33. The van der Waals surface area contributed by atoms with Gasteiger partial charge < -0.3 is 9.97 Å². The third-order valence-electron chi connectivity index (χ3n) is 8.20. The summed E-state index contributed by atoms with van der Waals surface area (Å²) >= 11 is 0. The van der Waals surface area contributed by atoms with E-state index in [4.69, 9.17) is 0 Å². The van der Waals surface area contributed by atoms with Crippen molar-refractivity contribution < 1.29 is 18.4 Å². The standard InChI is InChI=1S/2C17H12FNO/c2*18-15-7-3-6-12-14(9-19-17(12)15)13-8-16(20)11-5-2-1-4-10(11)13/h2*1-7,9,13,19H,8H2/t2*13-/m10/s1. The SMILES string of the molecule is O=C1C[C@@H](c2c[nH]c3c(F)cccc23)c2ccccc21.O=C1C[C@H](c2c[nH]c3c(F)cccc23)c2ccccc21. The van der Waals surface area contributed by atoms with E-state index in [1.54, 1.807) is 12.1 Å². The van der Waals surface area contributed by atoms with Crippen LogP contribution in [0.2, 0.25) is 0 Å². The van der Waals surface area contributed by atoms with Gasteiger partial charge >= 0.3 is 0 Å². The van der Waals surface area contributed by atoms with Crippen LogP contribution < -0.4 is 0 Å². The number of benzene rings is 4. The molecule has 2 aliphatic carbocycles. The second-order valence-corrected chi connectivity index (χ2v) is 10.3. The number of aromatic nitrogens is 2. The molecular weight excluding hydrogens is 506 g/mol. The van der Waals surface area contributed by atoms with Crippen LogP contribution in [0.4, 0.5) is 8.78 Å². The number of nitrogens with one attached hydrogen (secondary N) is 2. The first-order valence-electron chi connectivity index (χ1n) is 13.3. The molecule has 8 rings (SSSR count). The molecule has 0 radical (unpaired) electrons. The van der Waals surface area contributed by atoms with Crippen LogP contribution in [-0.2, 0) is 0 Å². The maximum absolute atomic E-state index is 13.8. The molecule has 2 N–H and O–H groups in total. The van der Waals surface area contributed by atoms with Gasteiger partial charge in [0.1, 0.15) is 11.6 Å². The van der Waals surface area contributed by atoms with Crippen molar-refractivity contribution in [3.8, 4) is 0 Å². The molecule has 0 bridgehead atoms. The van der Waals surface area contributed by atoms with Crippen LogP contribution in [0.15, 0.2) is 97.3 Å². The van der Waals surface area contributed by atoms with Crippen molar-refractivity contribution in [3.63, 3.8) is 0 Å². The van der Waals surface area contributed by atoms with Crippen molar-refractivity contribution in [1.29, 1.82) is 0 Å². The molecule has 0 saturated heterocycles. The molecule has 0 spiro atoms. The second-order valence-electron chi connectivity index (χ2n) is 10.3. The molecule has 2 aliphatic rings. The predicted octanol–water partition coefficient (Wildman–Crippen LogP) is 8.05. The molecule has 2 heterocycles. The molecule has 6 heteroatoms. The van der Waals surface area contributed by atoms with Crippen LogP contribution >= 0.6 is 0 Å². The summed E-state index contributed by atoms with van der Waals surface area (Å²) in [7, 11) is 0. The number of carbonyl (C=O) groups is 2. The highest BCUT2D eigenvalue weighted by atomic mass is 19.1. The fourth-order valence-corrected chi connectivity index (χ4v) is 6.33. The molecule has 0 saturated carbocycles. The van der Waals surface area contributed by atoms with Crippen molar-refractivity contribution in [1.82, 2.24) is 9.97 Å². The Kier molecular flexibility index (Phi) is 5.70. The minimum absolute atomic E-state index is 0.0225. The van der Waals surface area contributed by atoms with Gasteiger partial charge in [-0.15, -0.1) is 0 Å². The zero-order chi connectivity index (χ0) is 27.4. The molecule has 0 unspecified atom stereocenters. The molecule has 4 aromatic carbocycles. The van der Waals surface area contributed by atoms with Crippen LogP contribution in [-0.4, -0.2) is 21.5 Å². The van der Waals surface area contributed by atoms with Gasteiger partial charge in [0, 0.05) is 59.0 Å². The third kappa shape index (κ3) is 3.79. The van der Waals surface area contributed by atoms with Gasteiger partial charge in [0.15, 0.2) is 11.6 Å². The van der Waals surface area contributed by atoms with Gasteiger partial charge in [-0.1, -0.05) is 72.8 Å². The molecule has 6 aromatic rings. The second kappa shape index (κ2) is 9.42. The van der Waals surface area contributed by atoms with E-state index in [1.165, 1.54) is 12.1 Å². The van der Waals surface area contributed by atoms with Gasteiger partial charge in [0.25, 0.3) is 0 Å². The highest BCUT2D eigenvalue weighted by Crippen LogP contribution is 2.42. The zero-order valence-electron chi connectivity index (χ0n) is 21.4. The Morgan fingerprint density at radius 2 is 0.950 bits per heavy atom. The van der Waals surface area contributed by atoms with Crippen molar-refractivity contribution in [2.24, 2.45) is 0 Å². The Balaban J connectivity index is 0.000000132. The van der Waals surface area contributed by atoms with E-state index in [9.17, 15) is 18.4 Å². The molecule has 0 fully saturated rings. The van der Waals surface area contributed by atoms with Gasteiger partial charge in [-0.3, -0.25) is 9.59 Å². The number of carbonyl (C=O) groups excluding carboxylic acids is 2. The summed E-state index contributed by atoms with van der Waals surface area (Å²) in [5.41, 5.74) is 6.70. The summed E-state index contributed by atoms with van der Waals surface area (Å²) in [6.07, 6.45) is 4.58. The Labute approximate surface area is 228 Å². The van der Waals surface area contributed by atoms with Gasteiger partial charge in [0.05, 0.1) is 11.0 Å². The number of para-hydroxylation sites is 2. The lowest BCUT2D eigenvalue weighted by atomic mass is 9.93. The molecule has 0 aliphatic heterocycles. The summed E-state index contributed by atoms with van der Waals surface area (Å²) in [5.74, 6) is -0.145. The molecule has 0 amide bonds. The number of aromatic amines is 2. The number of Topliss-reactive ketones (excluding diaryl/α,β-unsaturated/α-hetero) is 2. The van der Waals surface area contributed by atoms with E-state index < -0.39 is 0 Å². The Hall–Kier alpha value is -4.84. The minimum atomic E-state index is -0.258. The first-order valence-corrected chi connectivity index (χ1v) is 13.3. The lowest BCUT2D eigenvalue weighted by Gasteiger charge is -2.09. The average molecular weight is 531 g/mol. The fraction of sp³-hybridized carbons (Fsp3) is 0.118. The van der Waals surface area contributed by atoms with E-state index in [0.717, 1.165) is 44.2 Å². The topological polar surface area (TPSA) is 65.7 Å². The smallest absolute Gasteiger partial charge is 0.164 e. The number of hydrogen-bond acceptors (Lipinski definition) is 2. The molecule has 2 aromatic heterocycles. The summed E-state index contributed by atoms with van der Waals surface area (Å²) in [4.78, 5) is 30.2. The Morgan fingerprint density at radius 3 is 1.40 bits per heavy atom. The van der Waals surface area contributed by atoms with Gasteiger partial charge in [-0.05, 0) is 34.4 Å². The normalized spacial score (nSPS) is 17.6. The van der Waals surface area contributed by atoms with E-state index in [2.05, 4.69) is 9.97 Å². The van der Waals surface area contributed by atoms with E-state index in [-0.39, 0.29) is 35.0 Å². The maximum atomic E-state index is 13.8. The molecule has 4 nitrogen and oxygen atoms in total. The Morgan fingerprint density at radius 1 is 0.525 bits per heavy atom. The molecule has 2 atom stereocenters. The Bertz CT molecular complexity index is 1810. The number of halogens is 2. The quantitative estimate of drug-likeness (QED) is 0.238. The van der Waals surface area contributed by atoms with Crippen LogP contribution in [0, 0.1) is 11.6 Å². The summed E-state index contributed by atoms with van der Waals surface area (Å²) in [6, 6.07) is 25.5. The monoisotopic (exact) mass is 530 g/mol. The number of fused-ring (bicyclic) bond motifs is 4. The lowest BCUT2D eigenvalue weighted by Crippen LogP contribution is -1.95. The molecule has 196 valence electrons. The largest absolute Gasteiger partial charge is 0.358 e. The number of ketones is 2. The van der Waals surface area contributed by atoms with Crippen LogP contribution in [0.1, 0.15) is 67.6 Å². The molecular formula is C34H24F2N2O2. The minimum Gasteiger partial charge on any atom is -0.358 e. The van der Waals surface area contributed by atoms with Crippen molar-refractivity contribution in [2.45, 2.75) is 24.7 Å². The van der Waals surface area contributed by atoms with Crippen LogP contribution in [0.5, 0.6) is 0 Å². The number of rotatable bonds is 2. The van der Waals surface area contributed by atoms with Gasteiger partial charge in [-0.2, -0.15) is 0 Å². The highest BCUT2D eigenvalue weighted by Gasteiger charge is 2.32. The van der Waals surface area contributed by atoms with Crippen LogP contribution in [0.3, 0.4) is 0 Å². The third-order valence-corrected chi connectivity index (χ3v) is 8.20. The molecule has 40 heavy (non-hydrogen) atoms. The average Bonchev–Trinajstić information content (AvgIpc) is 3.74. The van der Waals surface area contributed by atoms with Gasteiger partial charge in [-0.25, -0.2) is 8.78 Å². The first kappa shape index (κ1) is 24.2. The first-order chi connectivity index (χ1) is 19.5.